The van der Waals surface area contributed by atoms with Crippen molar-refractivity contribution in [3.8, 4) is 5.75 Å². The van der Waals surface area contributed by atoms with Crippen LogP contribution in [0.4, 0.5) is 23.2 Å². The Morgan fingerprint density at radius 1 is 1.00 bits per heavy atom. The largest absolute Gasteiger partial charge is 0.435 e. The van der Waals surface area contributed by atoms with Crippen LogP contribution in [-0.2, 0) is 0 Å². The van der Waals surface area contributed by atoms with Crippen molar-refractivity contribution in [1.29, 1.82) is 0 Å². The number of hydrogen-bond donors (Lipinski definition) is 1. The van der Waals surface area contributed by atoms with Crippen LogP contribution < -0.4 is 10.1 Å². The van der Waals surface area contributed by atoms with Crippen molar-refractivity contribution in [3.63, 3.8) is 0 Å². The summed E-state index contributed by atoms with van der Waals surface area (Å²) in [6, 6.07) is 8.72. The number of benzene rings is 2. The number of halogens is 4. The summed E-state index contributed by atoms with van der Waals surface area (Å²) >= 11 is 0. The molecule has 6 heteroatoms. The summed E-state index contributed by atoms with van der Waals surface area (Å²) in [6.07, 6.45) is 0. The van der Waals surface area contributed by atoms with Gasteiger partial charge in [-0.25, -0.2) is 8.78 Å². The van der Waals surface area contributed by atoms with Gasteiger partial charge in [0.1, 0.15) is 17.4 Å². The third-order valence-electron chi connectivity index (χ3n) is 2.91. The zero-order valence-electron chi connectivity index (χ0n) is 11.1. The van der Waals surface area contributed by atoms with Crippen LogP contribution in [0, 0.1) is 11.6 Å². The molecule has 2 aromatic rings. The molecule has 2 aromatic carbocycles. The fourth-order valence-corrected chi connectivity index (χ4v) is 1.86. The lowest BCUT2D eigenvalue weighted by Crippen LogP contribution is -2.08. The van der Waals surface area contributed by atoms with Gasteiger partial charge in [0, 0.05) is 6.04 Å². The summed E-state index contributed by atoms with van der Waals surface area (Å²) in [6.45, 7) is -1.14. The van der Waals surface area contributed by atoms with Crippen molar-refractivity contribution in [3.05, 3.63) is 59.7 Å². The molecule has 1 atom stereocenters. The Balaban J connectivity index is 2.09. The lowest BCUT2D eigenvalue weighted by Gasteiger charge is -2.16. The second-order valence-corrected chi connectivity index (χ2v) is 4.44. The monoisotopic (exact) mass is 299 g/mol. The molecule has 1 N–H and O–H groups in total. The van der Waals surface area contributed by atoms with Gasteiger partial charge in [0.05, 0.1) is 5.69 Å². The fourth-order valence-electron chi connectivity index (χ4n) is 1.86. The van der Waals surface area contributed by atoms with Crippen LogP contribution in [0.5, 0.6) is 5.75 Å². The van der Waals surface area contributed by atoms with Gasteiger partial charge in [-0.05, 0) is 42.8 Å². The topological polar surface area (TPSA) is 21.3 Å². The fraction of sp³-hybridized carbons (Fsp3) is 0.200. The highest BCUT2D eigenvalue weighted by molar-refractivity contribution is 5.47. The Kier molecular flexibility index (Phi) is 4.67. The molecule has 2 nitrogen and oxygen atoms in total. The SMILES string of the molecule is CC(Nc1cc(F)ccc1F)c1ccc(OC(F)F)cc1. The molecular formula is C15H13F4NO. The molecular weight excluding hydrogens is 286 g/mol. The first-order valence-electron chi connectivity index (χ1n) is 6.22. The minimum absolute atomic E-state index is 0.0374. The predicted octanol–water partition coefficient (Wildman–Crippen LogP) is 4.74. The minimum Gasteiger partial charge on any atom is -0.435 e. The van der Waals surface area contributed by atoms with Gasteiger partial charge in [0.15, 0.2) is 0 Å². The molecule has 0 bridgehead atoms. The van der Waals surface area contributed by atoms with Crippen LogP contribution in [0.25, 0.3) is 0 Å². The number of hydrogen-bond acceptors (Lipinski definition) is 2. The molecule has 0 aliphatic carbocycles. The van der Waals surface area contributed by atoms with E-state index in [-0.39, 0.29) is 17.5 Å². The van der Waals surface area contributed by atoms with Gasteiger partial charge in [-0.15, -0.1) is 0 Å². The van der Waals surface area contributed by atoms with E-state index in [1.54, 1.807) is 19.1 Å². The molecule has 0 saturated carbocycles. The zero-order valence-corrected chi connectivity index (χ0v) is 11.1. The van der Waals surface area contributed by atoms with E-state index in [0.717, 1.165) is 23.8 Å². The Morgan fingerprint density at radius 3 is 2.29 bits per heavy atom. The standard InChI is InChI=1S/C15H13F4NO/c1-9(20-14-8-11(16)4-7-13(14)17)10-2-5-12(6-3-10)21-15(18)19/h2-9,15,20H,1H3. The van der Waals surface area contributed by atoms with Gasteiger partial charge in [-0.3, -0.25) is 0 Å². The third kappa shape index (κ3) is 4.11. The summed E-state index contributed by atoms with van der Waals surface area (Å²) in [5, 5.41) is 2.82. The van der Waals surface area contributed by atoms with Crippen molar-refractivity contribution >= 4 is 5.69 Å². The van der Waals surface area contributed by atoms with E-state index in [0.29, 0.717) is 0 Å². The third-order valence-corrected chi connectivity index (χ3v) is 2.91. The molecule has 0 fully saturated rings. The van der Waals surface area contributed by atoms with Gasteiger partial charge < -0.3 is 10.1 Å². The van der Waals surface area contributed by atoms with E-state index in [4.69, 9.17) is 0 Å². The second kappa shape index (κ2) is 6.47. The first-order chi connectivity index (χ1) is 9.95. The van der Waals surface area contributed by atoms with Crippen LogP contribution in [0.1, 0.15) is 18.5 Å². The number of ether oxygens (including phenoxy) is 1. The van der Waals surface area contributed by atoms with Gasteiger partial charge in [0.25, 0.3) is 0 Å². The van der Waals surface area contributed by atoms with E-state index >= 15 is 0 Å². The number of anilines is 1. The van der Waals surface area contributed by atoms with Gasteiger partial charge in [-0.1, -0.05) is 12.1 Å². The van der Waals surface area contributed by atoms with Gasteiger partial charge >= 0.3 is 6.61 Å². The van der Waals surface area contributed by atoms with Crippen LogP contribution in [0.2, 0.25) is 0 Å². The molecule has 0 saturated heterocycles. The van der Waals surface area contributed by atoms with E-state index in [2.05, 4.69) is 10.1 Å². The van der Waals surface area contributed by atoms with Crippen LogP contribution in [0.3, 0.4) is 0 Å². The van der Waals surface area contributed by atoms with Crippen LogP contribution in [-0.4, -0.2) is 6.61 Å². The maximum absolute atomic E-state index is 13.5. The van der Waals surface area contributed by atoms with Crippen LogP contribution in [0.15, 0.2) is 42.5 Å². The lowest BCUT2D eigenvalue weighted by molar-refractivity contribution is -0.0498. The summed E-state index contributed by atoms with van der Waals surface area (Å²) in [4.78, 5) is 0. The lowest BCUT2D eigenvalue weighted by atomic mass is 10.1. The van der Waals surface area contributed by atoms with Crippen molar-refractivity contribution in [2.75, 3.05) is 5.32 Å². The Hall–Kier alpha value is -2.24. The molecule has 0 radical (unpaired) electrons. The molecule has 1 unspecified atom stereocenters. The summed E-state index contributed by atoms with van der Waals surface area (Å²) in [5.74, 6) is -1.08. The molecule has 21 heavy (non-hydrogen) atoms. The maximum Gasteiger partial charge on any atom is 0.387 e. The molecule has 2 rings (SSSR count). The number of alkyl halides is 2. The molecule has 0 aliphatic rings. The van der Waals surface area contributed by atoms with E-state index < -0.39 is 18.2 Å². The first kappa shape index (κ1) is 15.2. The molecule has 0 spiro atoms. The first-order valence-corrected chi connectivity index (χ1v) is 6.22. The minimum atomic E-state index is -2.88. The van der Waals surface area contributed by atoms with E-state index in [9.17, 15) is 17.6 Å². The van der Waals surface area contributed by atoms with Gasteiger partial charge in [-0.2, -0.15) is 8.78 Å². The number of rotatable bonds is 5. The maximum atomic E-state index is 13.5. The zero-order chi connectivity index (χ0) is 15.4. The molecule has 0 heterocycles. The van der Waals surface area contributed by atoms with Crippen molar-refractivity contribution in [2.24, 2.45) is 0 Å². The molecule has 0 aromatic heterocycles. The summed E-state index contributed by atoms with van der Waals surface area (Å²) in [5.41, 5.74) is 0.760. The summed E-state index contributed by atoms with van der Waals surface area (Å²) in [7, 11) is 0. The van der Waals surface area contributed by atoms with E-state index in [1.165, 1.54) is 12.1 Å². The highest BCUT2D eigenvalue weighted by Gasteiger charge is 2.10. The number of nitrogens with one attached hydrogen (secondary N) is 1. The predicted molar refractivity (Wildman–Crippen MR) is 71.5 cm³/mol. The Bertz CT molecular complexity index is 601. The molecule has 0 aliphatic heterocycles. The highest BCUT2D eigenvalue weighted by atomic mass is 19.3. The average molecular weight is 299 g/mol. The summed E-state index contributed by atoms with van der Waals surface area (Å²) < 4.78 is 54.9. The van der Waals surface area contributed by atoms with Crippen molar-refractivity contribution < 1.29 is 22.3 Å². The highest BCUT2D eigenvalue weighted by Crippen LogP contribution is 2.24. The van der Waals surface area contributed by atoms with Crippen molar-refractivity contribution in [2.45, 2.75) is 19.6 Å². The smallest absolute Gasteiger partial charge is 0.387 e. The normalized spacial score (nSPS) is 12.3. The second-order valence-electron chi connectivity index (χ2n) is 4.44. The Morgan fingerprint density at radius 2 is 1.67 bits per heavy atom. The quantitative estimate of drug-likeness (QED) is 0.805. The van der Waals surface area contributed by atoms with Crippen LogP contribution >= 0.6 is 0 Å². The van der Waals surface area contributed by atoms with E-state index in [1.807, 2.05) is 0 Å². The molecule has 0 amide bonds. The molecule has 112 valence electrons. The average Bonchev–Trinajstić information content (AvgIpc) is 2.43. The Labute approximate surface area is 119 Å². The van der Waals surface area contributed by atoms with Crippen molar-refractivity contribution in [1.82, 2.24) is 0 Å². The van der Waals surface area contributed by atoms with Gasteiger partial charge in [0.2, 0.25) is 0 Å².